The Balaban J connectivity index is 1.88. The van der Waals surface area contributed by atoms with Crippen molar-refractivity contribution >= 4 is 17.4 Å². The molecular formula is C17H19N3O2. The van der Waals surface area contributed by atoms with Gasteiger partial charge in [-0.25, -0.2) is 4.98 Å². The summed E-state index contributed by atoms with van der Waals surface area (Å²) in [4.78, 5) is 18.9. The fraction of sp³-hybridized carbons (Fsp3) is 0.294. The van der Waals surface area contributed by atoms with Gasteiger partial charge in [0.25, 0.3) is 5.91 Å². The summed E-state index contributed by atoms with van der Waals surface area (Å²) in [5.74, 6) is 0.590. The Labute approximate surface area is 129 Å². The SMILES string of the molecule is COCCNC(=O)c1cccnc1N1CCc2ccccc21. The number of carbonyl (C=O) groups excluding carboxylic acids is 1. The van der Waals surface area contributed by atoms with Gasteiger partial charge < -0.3 is 15.0 Å². The predicted molar refractivity (Wildman–Crippen MR) is 85.6 cm³/mol. The minimum Gasteiger partial charge on any atom is -0.383 e. The highest BCUT2D eigenvalue weighted by atomic mass is 16.5. The Morgan fingerprint density at radius 2 is 2.18 bits per heavy atom. The highest BCUT2D eigenvalue weighted by molar-refractivity contribution is 5.99. The summed E-state index contributed by atoms with van der Waals surface area (Å²) in [6, 6.07) is 11.8. The number of hydrogen-bond acceptors (Lipinski definition) is 4. The first-order valence-corrected chi connectivity index (χ1v) is 7.39. The first-order valence-electron chi connectivity index (χ1n) is 7.39. The molecule has 2 aromatic rings. The van der Waals surface area contributed by atoms with Crippen LogP contribution in [0.2, 0.25) is 0 Å². The number of rotatable bonds is 5. The normalized spacial score (nSPS) is 13.0. The van der Waals surface area contributed by atoms with Crippen LogP contribution >= 0.6 is 0 Å². The van der Waals surface area contributed by atoms with Crippen LogP contribution in [-0.4, -0.2) is 37.7 Å². The lowest BCUT2D eigenvalue weighted by Crippen LogP contribution is -2.29. The molecule has 1 N–H and O–H groups in total. The summed E-state index contributed by atoms with van der Waals surface area (Å²) >= 11 is 0. The van der Waals surface area contributed by atoms with E-state index in [-0.39, 0.29) is 5.91 Å². The maximum Gasteiger partial charge on any atom is 0.255 e. The molecule has 1 aromatic heterocycles. The van der Waals surface area contributed by atoms with Crippen LogP contribution in [0.4, 0.5) is 11.5 Å². The number of nitrogens with zero attached hydrogens (tertiary/aromatic N) is 2. The molecule has 0 saturated heterocycles. The third kappa shape index (κ3) is 2.80. The zero-order valence-electron chi connectivity index (χ0n) is 12.6. The molecule has 1 aliphatic heterocycles. The van der Waals surface area contributed by atoms with Crippen LogP contribution in [0.1, 0.15) is 15.9 Å². The predicted octanol–water partition coefficient (Wildman–Crippen LogP) is 2.15. The molecule has 5 heteroatoms. The smallest absolute Gasteiger partial charge is 0.255 e. The van der Waals surface area contributed by atoms with Crippen molar-refractivity contribution in [3.63, 3.8) is 0 Å². The molecule has 0 fully saturated rings. The van der Waals surface area contributed by atoms with Gasteiger partial charge in [0.15, 0.2) is 0 Å². The molecule has 114 valence electrons. The number of benzene rings is 1. The maximum absolute atomic E-state index is 12.4. The number of fused-ring (bicyclic) bond motifs is 1. The Morgan fingerprint density at radius 1 is 1.32 bits per heavy atom. The summed E-state index contributed by atoms with van der Waals surface area (Å²) in [5, 5.41) is 2.86. The van der Waals surface area contributed by atoms with Crippen LogP contribution < -0.4 is 10.2 Å². The summed E-state index contributed by atoms with van der Waals surface area (Å²) in [5.41, 5.74) is 3.02. The quantitative estimate of drug-likeness (QED) is 0.859. The molecular weight excluding hydrogens is 278 g/mol. The van der Waals surface area contributed by atoms with Crippen molar-refractivity contribution in [2.45, 2.75) is 6.42 Å². The Hall–Kier alpha value is -2.40. The number of pyridine rings is 1. The number of anilines is 2. The number of aromatic nitrogens is 1. The third-order valence-corrected chi connectivity index (χ3v) is 3.77. The lowest BCUT2D eigenvalue weighted by atomic mass is 10.2. The lowest BCUT2D eigenvalue weighted by molar-refractivity contribution is 0.0937. The molecule has 3 rings (SSSR count). The van der Waals surface area contributed by atoms with Crippen LogP contribution in [-0.2, 0) is 11.2 Å². The van der Waals surface area contributed by atoms with Crippen LogP contribution in [0, 0.1) is 0 Å². The van der Waals surface area contributed by atoms with E-state index in [1.807, 2.05) is 18.2 Å². The van der Waals surface area contributed by atoms with Crippen molar-refractivity contribution in [2.75, 3.05) is 31.7 Å². The van der Waals surface area contributed by atoms with Gasteiger partial charge in [-0.05, 0) is 30.2 Å². The van der Waals surface area contributed by atoms with Gasteiger partial charge in [-0.15, -0.1) is 0 Å². The number of carbonyl (C=O) groups is 1. The van der Waals surface area contributed by atoms with Gasteiger partial charge in [-0.1, -0.05) is 18.2 Å². The van der Waals surface area contributed by atoms with Gasteiger partial charge >= 0.3 is 0 Å². The molecule has 0 spiro atoms. The van der Waals surface area contributed by atoms with E-state index in [1.165, 1.54) is 5.56 Å². The molecule has 22 heavy (non-hydrogen) atoms. The van der Waals surface area contributed by atoms with Crippen molar-refractivity contribution in [2.24, 2.45) is 0 Å². The second kappa shape index (κ2) is 6.58. The van der Waals surface area contributed by atoms with Crippen molar-refractivity contribution in [1.29, 1.82) is 0 Å². The number of para-hydroxylation sites is 1. The molecule has 0 saturated carbocycles. The molecule has 0 bridgehead atoms. The van der Waals surface area contributed by atoms with Gasteiger partial charge in [-0.3, -0.25) is 4.79 Å². The van der Waals surface area contributed by atoms with Gasteiger partial charge in [-0.2, -0.15) is 0 Å². The van der Waals surface area contributed by atoms with Gasteiger partial charge in [0, 0.05) is 32.1 Å². The zero-order valence-corrected chi connectivity index (χ0v) is 12.6. The summed E-state index contributed by atoms with van der Waals surface area (Å²) < 4.78 is 4.96. The van der Waals surface area contributed by atoms with Crippen LogP contribution in [0.25, 0.3) is 0 Å². The average molecular weight is 297 g/mol. The Morgan fingerprint density at radius 3 is 3.05 bits per heavy atom. The van der Waals surface area contributed by atoms with E-state index in [4.69, 9.17) is 4.74 Å². The Kier molecular flexibility index (Phi) is 4.34. The number of ether oxygens (including phenoxy) is 1. The standard InChI is InChI=1S/C17H19N3O2/c1-22-12-10-19-17(21)14-6-4-9-18-16(14)20-11-8-13-5-2-3-7-15(13)20/h2-7,9H,8,10-12H2,1H3,(H,19,21). The van der Waals surface area contributed by atoms with E-state index >= 15 is 0 Å². The fourth-order valence-electron chi connectivity index (χ4n) is 2.71. The second-order valence-electron chi connectivity index (χ2n) is 5.15. The van der Waals surface area contributed by atoms with Crippen molar-refractivity contribution < 1.29 is 9.53 Å². The van der Waals surface area contributed by atoms with Crippen LogP contribution in [0.15, 0.2) is 42.6 Å². The molecule has 0 aliphatic carbocycles. The molecule has 2 heterocycles. The monoisotopic (exact) mass is 297 g/mol. The second-order valence-corrected chi connectivity index (χ2v) is 5.15. The zero-order chi connectivity index (χ0) is 15.4. The van der Waals surface area contributed by atoms with Crippen LogP contribution in [0.3, 0.4) is 0 Å². The van der Waals surface area contributed by atoms with Gasteiger partial charge in [0.2, 0.25) is 0 Å². The number of methoxy groups -OCH3 is 1. The molecule has 1 aromatic carbocycles. The van der Waals surface area contributed by atoms with E-state index in [0.29, 0.717) is 24.5 Å². The summed E-state index contributed by atoms with van der Waals surface area (Å²) in [6.07, 6.45) is 2.69. The first-order chi connectivity index (χ1) is 10.8. The lowest BCUT2D eigenvalue weighted by Gasteiger charge is -2.21. The molecule has 5 nitrogen and oxygen atoms in total. The molecule has 1 amide bonds. The van der Waals surface area contributed by atoms with E-state index in [1.54, 1.807) is 19.4 Å². The molecule has 0 unspecified atom stereocenters. The van der Waals surface area contributed by atoms with E-state index < -0.39 is 0 Å². The average Bonchev–Trinajstić information content (AvgIpc) is 2.99. The minimum atomic E-state index is -0.121. The van der Waals surface area contributed by atoms with Crippen molar-refractivity contribution in [1.82, 2.24) is 10.3 Å². The number of nitrogens with one attached hydrogen (secondary N) is 1. The largest absolute Gasteiger partial charge is 0.383 e. The van der Waals surface area contributed by atoms with E-state index in [9.17, 15) is 4.79 Å². The van der Waals surface area contributed by atoms with Crippen molar-refractivity contribution in [3.8, 4) is 0 Å². The molecule has 1 aliphatic rings. The summed E-state index contributed by atoms with van der Waals surface area (Å²) in [7, 11) is 1.61. The van der Waals surface area contributed by atoms with Gasteiger partial charge in [0.05, 0.1) is 12.2 Å². The minimum absolute atomic E-state index is 0.121. The van der Waals surface area contributed by atoms with Crippen molar-refractivity contribution in [3.05, 3.63) is 53.7 Å². The topological polar surface area (TPSA) is 54.5 Å². The number of hydrogen-bond donors (Lipinski definition) is 1. The highest BCUT2D eigenvalue weighted by Crippen LogP contribution is 2.34. The molecule has 0 radical (unpaired) electrons. The Bertz CT molecular complexity index is 672. The van der Waals surface area contributed by atoms with Gasteiger partial charge in [0.1, 0.15) is 5.82 Å². The maximum atomic E-state index is 12.4. The number of amides is 1. The van der Waals surface area contributed by atoms with E-state index in [0.717, 1.165) is 18.7 Å². The van der Waals surface area contributed by atoms with Crippen LogP contribution in [0.5, 0.6) is 0 Å². The first kappa shape index (κ1) is 14.5. The fourth-order valence-corrected chi connectivity index (χ4v) is 2.71. The summed E-state index contributed by atoms with van der Waals surface area (Å²) in [6.45, 7) is 1.82. The third-order valence-electron chi connectivity index (χ3n) is 3.77. The molecule has 0 atom stereocenters. The van der Waals surface area contributed by atoms with E-state index in [2.05, 4.69) is 27.3 Å². The highest BCUT2D eigenvalue weighted by Gasteiger charge is 2.24.